The number of hydrogen-bond donors (Lipinski definition) is 0. The van der Waals surface area contributed by atoms with E-state index in [1.54, 1.807) is 23.5 Å². The van der Waals surface area contributed by atoms with Gasteiger partial charge in [0.15, 0.2) is 6.04 Å². The molecule has 0 bridgehead atoms. The van der Waals surface area contributed by atoms with Crippen molar-refractivity contribution in [2.24, 2.45) is 0 Å². The molecule has 6 rings (SSSR count). The highest BCUT2D eigenvalue weighted by Gasteiger charge is 2.63. The highest BCUT2D eigenvalue weighted by Crippen LogP contribution is 2.50. The van der Waals surface area contributed by atoms with Crippen LogP contribution in [0.5, 0.6) is 0 Å². The molecular weight excluding hydrogens is 581 g/mol. The van der Waals surface area contributed by atoms with Gasteiger partial charge in [0.25, 0.3) is 5.84 Å². The Bertz CT molecular complexity index is 1740. The van der Waals surface area contributed by atoms with Crippen molar-refractivity contribution in [3.8, 4) is 0 Å². The Hall–Kier alpha value is -4.26. The van der Waals surface area contributed by atoms with Gasteiger partial charge in [0.05, 0.1) is 11.5 Å². The molecule has 5 aromatic rings. The molecule has 4 nitrogen and oxygen atoms in total. The molecule has 0 aromatic heterocycles. The van der Waals surface area contributed by atoms with Gasteiger partial charge in [-0.15, -0.1) is 23.5 Å². The zero-order valence-electron chi connectivity index (χ0n) is 24.8. The summed E-state index contributed by atoms with van der Waals surface area (Å²) in [5.74, 6) is -0.274. The van der Waals surface area contributed by atoms with E-state index in [1.807, 2.05) is 91.4 Å². The molecule has 0 radical (unpaired) electrons. The average molecular weight is 615 g/mol. The minimum atomic E-state index is -1.55. The molecule has 0 spiro atoms. The molecule has 0 fully saturated rings. The summed E-state index contributed by atoms with van der Waals surface area (Å²) in [4.78, 5) is 18.4. The van der Waals surface area contributed by atoms with E-state index in [0.29, 0.717) is 18.7 Å². The first-order valence-electron chi connectivity index (χ1n) is 14.6. The van der Waals surface area contributed by atoms with Gasteiger partial charge in [-0.1, -0.05) is 103 Å². The van der Waals surface area contributed by atoms with Crippen LogP contribution in [0.25, 0.3) is 0 Å². The predicted molar refractivity (Wildman–Crippen MR) is 179 cm³/mol. The topological polar surface area (TPSA) is 46.4 Å². The fraction of sp³-hybridized carbons (Fsp3) is 0.158. The maximum atomic E-state index is 14.2. The van der Waals surface area contributed by atoms with Crippen molar-refractivity contribution in [2.45, 2.75) is 34.5 Å². The van der Waals surface area contributed by atoms with E-state index in [9.17, 15) is 9.90 Å². The molecule has 220 valence electrons. The van der Waals surface area contributed by atoms with Gasteiger partial charge in [-0.3, -0.25) is 0 Å². The number of carboxylic acid groups (broad SMARTS) is 1. The summed E-state index contributed by atoms with van der Waals surface area (Å²) in [5, 5.41) is 14.2. The number of amidine groups is 1. The maximum absolute atomic E-state index is 14.2. The molecule has 0 saturated carbocycles. The first-order chi connectivity index (χ1) is 21.6. The van der Waals surface area contributed by atoms with Gasteiger partial charge in [-0.25, -0.2) is 9.48 Å². The standard InChI is InChI=1S/C38H34N2O2S2/c1-43-33-22-18-30(19-23-33)35-38(37(41)42,32-20-24-34(44-2)25-21-32)40(27-29-14-8-4-9-15-29)36(31-16-10-5-11-17-31)39(35)26-28-12-6-3-7-13-28/h3-25,35H,26-27H2,1-2H3/t35-,38-/m1/s1. The Kier molecular flexibility index (Phi) is 8.91. The Morgan fingerprint density at radius 2 is 1.20 bits per heavy atom. The van der Waals surface area contributed by atoms with E-state index in [4.69, 9.17) is 0 Å². The molecule has 0 N–H and O–H groups in total. The van der Waals surface area contributed by atoms with Gasteiger partial charge < -0.3 is 9.90 Å². The molecule has 0 saturated heterocycles. The van der Waals surface area contributed by atoms with Crippen LogP contribution in [0.3, 0.4) is 0 Å². The third-order valence-corrected chi connectivity index (χ3v) is 9.83. The number of rotatable bonds is 10. The molecule has 0 aliphatic carbocycles. The summed E-state index contributed by atoms with van der Waals surface area (Å²) < 4.78 is 2.28. The van der Waals surface area contributed by atoms with Gasteiger partial charge in [-0.2, -0.15) is 0 Å². The van der Waals surface area contributed by atoms with E-state index >= 15 is 0 Å². The largest absolute Gasteiger partial charge is 0.545 e. The van der Waals surface area contributed by atoms with Gasteiger partial charge >= 0.3 is 0 Å². The lowest BCUT2D eigenvalue weighted by Gasteiger charge is -2.39. The molecule has 0 amide bonds. The highest BCUT2D eigenvalue weighted by atomic mass is 32.2. The van der Waals surface area contributed by atoms with E-state index in [1.165, 1.54) is 0 Å². The Morgan fingerprint density at radius 1 is 0.705 bits per heavy atom. The first-order valence-corrected chi connectivity index (χ1v) is 17.1. The number of benzene rings is 5. The lowest BCUT2D eigenvalue weighted by molar-refractivity contribution is -0.587. The number of carboxylic acids is 1. The summed E-state index contributed by atoms with van der Waals surface area (Å²) in [6.07, 6.45) is 4.08. The minimum Gasteiger partial charge on any atom is -0.545 e. The van der Waals surface area contributed by atoms with Crippen LogP contribution in [0.4, 0.5) is 0 Å². The minimum absolute atomic E-state index is 0.383. The van der Waals surface area contributed by atoms with Gasteiger partial charge in [0.1, 0.15) is 13.1 Å². The van der Waals surface area contributed by atoms with Crippen molar-refractivity contribution < 1.29 is 14.5 Å². The average Bonchev–Trinajstić information content (AvgIpc) is 3.36. The quantitative estimate of drug-likeness (QED) is 0.125. The van der Waals surface area contributed by atoms with Crippen LogP contribution < -0.4 is 5.11 Å². The number of aliphatic carboxylic acids is 1. The number of hydrogen-bond acceptors (Lipinski definition) is 5. The molecule has 6 heteroatoms. The Morgan fingerprint density at radius 3 is 1.73 bits per heavy atom. The molecule has 2 atom stereocenters. The smallest absolute Gasteiger partial charge is 0.281 e. The first kappa shape index (κ1) is 29.8. The third kappa shape index (κ3) is 5.56. The van der Waals surface area contributed by atoms with E-state index in [-0.39, 0.29) is 0 Å². The van der Waals surface area contributed by atoms with Crippen LogP contribution in [-0.2, 0) is 23.4 Å². The summed E-state index contributed by atoms with van der Waals surface area (Å²) in [7, 11) is 0. The monoisotopic (exact) mass is 614 g/mol. The Balaban J connectivity index is 1.71. The van der Waals surface area contributed by atoms with Crippen LogP contribution >= 0.6 is 23.5 Å². The second-order valence-corrected chi connectivity index (χ2v) is 12.6. The molecule has 0 unspecified atom stereocenters. The summed E-state index contributed by atoms with van der Waals surface area (Å²) in [6.45, 7) is 0.900. The summed E-state index contributed by atoms with van der Waals surface area (Å²) in [5.41, 5.74) is 3.13. The van der Waals surface area contributed by atoms with Gasteiger partial charge in [0, 0.05) is 20.9 Å². The number of carbonyl (C=O) groups excluding carboxylic acids is 1. The molecule has 44 heavy (non-hydrogen) atoms. The van der Waals surface area contributed by atoms with Crippen LogP contribution in [0.1, 0.15) is 33.9 Å². The molecular formula is C38H34N2O2S2. The Labute approximate surface area is 268 Å². The fourth-order valence-electron chi connectivity index (χ4n) is 6.34. The SMILES string of the molecule is CSc1ccc([C@H]2[N+](Cc3ccccc3)=C(c3ccccc3)N(Cc3ccccc3)[C@]2(C(=O)[O-])c2ccc(SC)cc2)cc1. The highest BCUT2D eigenvalue weighted by molar-refractivity contribution is 7.98. The predicted octanol–water partition coefficient (Wildman–Crippen LogP) is 6.99. The van der Waals surface area contributed by atoms with E-state index in [0.717, 1.165) is 37.9 Å². The van der Waals surface area contributed by atoms with E-state index < -0.39 is 17.6 Å². The summed E-state index contributed by atoms with van der Waals surface area (Å²) in [6, 6.07) is 46.2. The fourth-order valence-corrected chi connectivity index (χ4v) is 7.16. The maximum Gasteiger partial charge on any atom is 0.281 e. The molecule has 1 heterocycles. The number of thioether (sulfide) groups is 2. The third-order valence-electron chi connectivity index (χ3n) is 8.34. The molecule has 1 aliphatic heterocycles. The van der Waals surface area contributed by atoms with E-state index in [2.05, 4.69) is 70.1 Å². The van der Waals surface area contributed by atoms with Crippen molar-refractivity contribution >= 4 is 35.3 Å². The normalized spacial score (nSPS) is 18.0. The summed E-state index contributed by atoms with van der Waals surface area (Å²) >= 11 is 3.31. The van der Waals surface area contributed by atoms with Crippen molar-refractivity contribution in [1.29, 1.82) is 0 Å². The van der Waals surface area contributed by atoms with Crippen molar-refractivity contribution in [2.75, 3.05) is 12.5 Å². The van der Waals surface area contributed by atoms with Crippen molar-refractivity contribution in [3.05, 3.63) is 167 Å². The zero-order chi connectivity index (χ0) is 30.5. The van der Waals surface area contributed by atoms with Crippen LogP contribution in [0, 0.1) is 0 Å². The van der Waals surface area contributed by atoms with Gasteiger partial charge in [-0.05, 0) is 60.0 Å². The van der Waals surface area contributed by atoms with Crippen molar-refractivity contribution in [1.82, 2.24) is 4.90 Å². The lowest BCUT2D eigenvalue weighted by atomic mass is 9.78. The number of nitrogens with zero attached hydrogens (tertiary/aromatic N) is 2. The van der Waals surface area contributed by atoms with Crippen LogP contribution in [0.15, 0.2) is 149 Å². The second-order valence-electron chi connectivity index (χ2n) is 10.8. The molecule has 1 aliphatic rings. The van der Waals surface area contributed by atoms with Gasteiger partial charge in [0.2, 0.25) is 5.54 Å². The molecule has 5 aromatic carbocycles. The lowest BCUT2D eigenvalue weighted by Crippen LogP contribution is -2.59. The van der Waals surface area contributed by atoms with Crippen molar-refractivity contribution in [3.63, 3.8) is 0 Å². The zero-order valence-corrected chi connectivity index (χ0v) is 26.4. The second kappa shape index (κ2) is 13.2. The van der Waals surface area contributed by atoms with Crippen LogP contribution in [-0.4, -0.2) is 33.8 Å². The van der Waals surface area contributed by atoms with Crippen LogP contribution in [0.2, 0.25) is 0 Å². The number of carbonyl (C=O) groups is 1.